The Morgan fingerprint density at radius 1 is 1.09 bits per heavy atom. The molecule has 3 heterocycles. The first-order valence-corrected chi connectivity index (χ1v) is 14.7. The van der Waals surface area contributed by atoms with Gasteiger partial charge in [-0.05, 0) is 41.5 Å². The van der Waals surface area contributed by atoms with Gasteiger partial charge < -0.3 is 20.5 Å². The van der Waals surface area contributed by atoms with Gasteiger partial charge in [0.25, 0.3) is 5.56 Å². The molecule has 11 heteroatoms. The summed E-state index contributed by atoms with van der Waals surface area (Å²) in [4.78, 5) is 44.1. The van der Waals surface area contributed by atoms with Crippen molar-refractivity contribution in [1.29, 1.82) is 0 Å². The number of ether oxygens (including phenoxy) is 1. The van der Waals surface area contributed by atoms with Crippen molar-refractivity contribution in [3.05, 3.63) is 81.9 Å². The van der Waals surface area contributed by atoms with Gasteiger partial charge in [-0.15, -0.1) is 0 Å². The predicted octanol–water partition coefficient (Wildman–Crippen LogP) is 2.91. The van der Waals surface area contributed by atoms with E-state index in [0.29, 0.717) is 56.4 Å². The van der Waals surface area contributed by atoms with Gasteiger partial charge in [-0.25, -0.2) is 9.78 Å². The first-order valence-electron chi connectivity index (χ1n) is 14.7. The summed E-state index contributed by atoms with van der Waals surface area (Å²) in [5, 5.41) is 15.9. The van der Waals surface area contributed by atoms with Crippen LogP contribution in [0.1, 0.15) is 48.8 Å². The summed E-state index contributed by atoms with van der Waals surface area (Å²) in [6, 6.07) is 15.9. The van der Waals surface area contributed by atoms with Crippen LogP contribution < -0.4 is 11.3 Å². The van der Waals surface area contributed by atoms with Gasteiger partial charge in [0.1, 0.15) is 11.6 Å². The van der Waals surface area contributed by atoms with Crippen LogP contribution in [0.2, 0.25) is 0 Å². The molecule has 0 spiro atoms. The quantitative estimate of drug-likeness (QED) is 0.340. The Morgan fingerprint density at radius 3 is 2.53 bits per heavy atom. The number of carbonyl (C=O) groups excluding carboxylic acids is 2. The maximum absolute atomic E-state index is 13.5. The Kier molecular flexibility index (Phi) is 7.51. The molecule has 2 amide bonds. The number of benzene rings is 2. The molecule has 6 rings (SSSR count). The highest BCUT2D eigenvalue weighted by Crippen LogP contribution is 2.32. The summed E-state index contributed by atoms with van der Waals surface area (Å²) >= 11 is 0. The van der Waals surface area contributed by atoms with Crippen molar-refractivity contribution in [3.63, 3.8) is 0 Å². The van der Waals surface area contributed by atoms with Crippen molar-refractivity contribution in [1.82, 2.24) is 24.2 Å². The lowest BCUT2D eigenvalue weighted by Gasteiger charge is -2.38. The van der Waals surface area contributed by atoms with Crippen molar-refractivity contribution in [2.24, 2.45) is 12.8 Å². The predicted molar refractivity (Wildman–Crippen MR) is 160 cm³/mol. The van der Waals surface area contributed by atoms with Gasteiger partial charge in [0.15, 0.2) is 5.52 Å². The second-order valence-corrected chi connectivity index (χ2v) is 11.9. The fourth-order valence-corrected chi connectivity index (χ4v) is 6.44. The molecule has 1 fully saturated rings. The Morgan fingerprint density at radius 2 is 1.81 bits per heavy atom. The molecule has 2 atom stereocenters. The standard InChI is InChI=1S/C32H36N6O5/c1-20(21-6-4-3-5-7-21)14-26(39)37-12-10-32(42,11-13-37)18-38-19-34-27-28(30(38)40)35-36(2)29(27)23-9-8-22-16-25(43-31(33)41)17-24(22)15-23/h3-9,15,19-20,25,42H,10-14,16-18H2,1-2H3,(H2,33,41)/t20-,25?/m1/s1. The molecular weight excluding hydrogens is 548 g/mol. The minimum absolute atomic E-state index is 0.0714. The number of hydrogen-bond acceptors (Lipinski definition) is 7. The highest BCUT2D eigenvalue weighted by Gasteiger charge is 2.35. The van der Waals surface area contributed by atoms with E-state index in [-0.39, 0.29) is 35.5 Å². The third-order valence-corrected chi connectivity index (χ3v) is 8.83. The summed E-state index contributed by atoms with van der Waals surface area (Å²) in [5.41, 5.74) is 9.26. The number of carbonyl (C=O) groups is 2. The fraction of sp³-hybridized carbons (Fsp3) is 0.406. The largest absolute Gasteiger partial charge is 0.446 e. The molecule has 0 bridgehead atoms. The van der Waals surface area contributed by atoms with E-state index < -0.39 is 11.7 Å². The monoisotopic (exact) mass is 584 g/mol. The van der Waals surface area contributed by atoms with Crippen LogP contribution in [0.25, 0.3) is 22.3 Å². The number of aliphatic hydroxyl groups is 1. The maximum Gasteiger partial charge on any atom is 0.404 e. The molecule has 2 aromatic heterocycles. The smallest absolute Gasteiger partial charge is 0.404 e. The summed E-state index contributed by atoms with van der Waals surface area (Å²) in [7, 11) is 1.77. The number of aryl methyl sites for hydroxylation is 1. The van der Waals surface area contributed by atoms with Crippen LogP contribution in [0, 0.1) is 0 Å². The number of rotatable bonds is 7. The third-order valence-electron chi connectivity index (χ3n) is 8.83. The normalized spacial score (nSPS) is 18.4. The average molecular weight is 585 g/mol. The molecular formula is C32H36N6O5. The van der Waals surface area contributed by atoms with Gasteiger partial charge >= 0.3 is 6.09 Å². The van der Waals surface area contributed by atoms with Gasteiger partial charge in [-0.3, -0.25) is 18.8 Å². The summed E-state index contributed by atoms with van der Waals surface area (Å²) in [6.07, 6.45) is 2.72. The van der Waals surface area contributed by atoms with E-state index in [4.69, 9.17) is 10.5 Å². The Bertz CT molecular complexity index is 1740. The van der Waals surface area contributed by atoms with Crippen LogP contribution in [0.4, 0.5) is 4.79 Å². The van der Waals surface area contributed by atoms with Crippen LogP contribution in [0.15, 0.2) is 59.7 Å². The van der Waals surface area contributed by atoms with Gasteiger partial charge in [0.05, 0.1) is 24.2 Å². The number of nitrogens with zero attached hydrogens (tertiary/aromatic N) is 5. The van der Waals surface area contributed by atoms with Gasteiger partial charge in [-0.2, -0.15) is 5.10 Å². The Hall–Kier alpha value is -4.51. The molecule has 0 saturated carbocycles. The lowest BCUT2D eigenvalue weighted by molar-refractivity contribution is -0.136. The topological polar surface area (TPSA) is 146 Å². The number of nitrogens with two attached hydrogens (primary N) is 1. The molecule has 2 aromatic carbocycles. The molecule has 11 nitrogen and oxygen atoms in total. The number of piperidine rings is 1. The van der Waals surface area contributed by atoms with Crippen molar-refractivity contribution >= 4 is 23.0 Å². The van der Waals surface area contributed by atoms with Crippen LogP contribution in [0.3, 0.4) is 0 Å². The van der Waals surface area contributed by atoms with E-state index >= 15 is 0 Å². The highest BCUT2D eigenvalue weighted by atomic mass is 16.6. The number of hydrogen-bond donors (Lipinski definition) is 2. The van der Waals surface area contributed by atoms with E-state index in [0.717, 1.165) is 22.3 Å². The van der Waals surface area contributed by atoms with E-state index in [2.05, 4.69) is 10.1 Å². The summed E-state index contributed by atoms with van der Waals surface area (Å²) in [5.74, 6) is 0.181. The minimum atomic E-state index is -1.14. The first kappa shape index (κ1) is 28.6. The highest BCUT2D eigenvalue weighted by molar-refractivity contribution is 5.89. The van der Waals surface area contributed by atoms with Crippen LogP contribution in [0.5, 0.6) is 0 Å². The van der Waals surface area contributed by atoms with Crippen LogP contribution in [-0.2, 0) is 36.0 Å². The minimum Gasteiger partial charge on any atom is -0.446 e. The zero-order valence-corrected chi connectivity index (χ0v) is 24.4. The van der Waals surface area contributed by atoms with Gasteiger partial charge in [0.2, 0.25) is 5.91 Å². The molecule has 1 unspecified atom stereocenters. The van der Waals surface area contributed by atoms with E-state index in [1.54, 1.807) is 11.7 Å². The molecule has 1 aliphatic carbocycles. The van der Waals surface area contributed by atoms with Crippen LogP contribution in [-0.4, -0.2) is 66.1 Å². The van der Waals surface area contributed by atoms with E-state index in [1.807, 2.05) is 60.4 Å². The molecule has 43 heavy (non-hydrogen) atoms. The maximum atomic E-state index is 13.5. The first-order chi connectivity index (χ1) is 20.6. The molecule has 4 aromatic rings. The number of likely N-dealkylation sites (tertiary alicyclic amines) is 1. The molecule has 224 valence electrons. The van der Waals surface area contributed by atoms with Crippen LogP contribution >= 0.6 is 0 Å². The summed E-state index contributed by atoms with van der Waals surface area (Å²) in [6.45, 7) is 2.98. The molecule has 3 N–H and O–H groups in total. The molecule has 1 aliphatic heterocycles. The second kappa shape index (κ2) is 11.3. The lowest BCUT2D eigenvalue weighted by Crippen LogP contribution is -2.49. The van der Waals surface area contributed by atoms with E-state index in [1.165, 1.54) is 10.9 Å². The number of fused-ring (bicyclic) bond motifs is 2. The average Bonchev–Trinajstić information content (AvgIpc) is 3.54. The zero-order chi connectivity index (χ0) is 30.3. The Balaban J connectivity index is 1.15. The molecule has 0 radical (unpaired) electrons. The lowest BCUT2D eigenvalue weighted by atomic mass is 9.90. The molecule has 1 saturated heterocycles. The van der Waals surface area contributed by atoms with Crippen molar-refractivity contribution in [3.8, 4) is 11.3 Å². The van der Waals surface area contributed by atoms with Crippen molar-refractivity contribution < 1.29 is 19.4 Å². The molecule has 2 aliphatic rings. The number of primary amides is 1. The Labute approximate surface area is 248 Å². The van der Waals surface area contributed by atoms with Gasteiger partial charge in [-0.1, -0.05) is 49.4 Å². The zero-order valence-electron chi connectivity index (χ0n) is 24.4. The third kappa shape index (κ3) is 5.77. The SMILES string of the molecule is C[C@H](CC(=O)N1CCC(O)(Cn2cnc3c(-c4ccc5c(c4)CC(OC(N)=O)C5)n(C)nc3c2=O)CC1)c1ccccc1. The summed E-state index contributed by atoms with van der Waals surface area (Å²) < 4.78 is 8.26. The van der Waals surface area contributed by atoms with E-state index in [9.17, 15) is 19.5 Å². The second-order valence-electron chi connectivity index (χ2n) is 11.9. The van der Waals surface area contributed by atoms with Crippen molar-refractivity contribution in [2.75, 3.05) is 13.1 Å². The number of aromatic nitrogens is 4. The fourth-order valence-electron chi connectivity index (χ4n) is 6.44. The number of amides is 2. The van der Waals surface area contributed by atoms with Gasteiger partial charge in [0, 0.05) is 45.0 Å². The van der Waals surface area contributed by atoms with Crippen molar-refractivity contribution in [2.45, 2.75) is 63.2 Å².